The van der Waals surface area contributed by atoms with Gasteiger partial charge in [0.15, 0.2) is 28.7 Å². The number of aromatic hydroxyl groups is 1. The van der Waals surface area contributed by atoms with Gasteiger partial charge in [0.05, 0.1) is 25.6 Å². The largest absolute Gasteiger partial charge is 0.504 e. The van der Waals surface area contributed by atoms with Gasteiger partial charge in [0, 0.05) is 12.3 Å². The molecule has 0 radical (unpaired) electrons. The Hall–Kier alpha value is -3.09. The lowest BCUT2D eigenvalue weighted by Crippen LogP contribution is -1.89. The van der Waals surface area contributed by atoms with Crippen molar-refractivity contribution in [1.29, 1.82) is 0 Å². The zero-order valence-corrected chi connectivity index (χ0v) is 13.0. The number of ether oxygens (including phenoxy) is 2. The topological polar surface area (TPSA) is 80.7 Å². The van der Waals surface area contributed by atoms with Crippen LogP contribution >= 0.6 is 0 Å². The summed E-state index contributed by atoms with van der Waals surface area (Å²) in [5, 5.41) is 18.3. The molecule has 2 heterocycles. The summed E-state index contributed by atoms with van der Waals surface area (Å²) in [5.41, 5.74) is 1.75. The maximum atomic E-state index is 9.83. The van der Waals surface area contributed by atoms with Crippen molar-refractivity contribution in [3.8, 4) is 17.2 Å². The van der Waals surface area contributed by atoms with Gasteiger partial charge in [-0.15, -0.1) is 10.2 Å². The van der Waals surface area contributed by atoms with Crippen LogP contribution in [0, 0.1) is 6.92 Å². The van der Waals surface area contributed by atoms with E-state index in [0.717, 1.165) is 0 Å². The third-order valence-corrected chi connectivity index (χ3v) is 3.40. The number of benzene rings is 1. The number of aromatic nitrogens is 2. The minimum atomic E-state index is 0.100. The van der Waals surface area contributed by atoms with E-state index in [1.54, 1.807) is 55.1 Å². The lowest BCUT2D eigenvalue weighted by molar-refractivity contribution is 0.355. The zero-order chi connectivity index (χ0) is 16.4. The van der Waals surface area contributed by atoms with Crippen molar-refractivity contribution in [2.75, 3.05) is 14.2 Å². The molecule has 0 aliphatic heterocycles. The molecular formula is C16H16N4O3. The average Bonchev–Trinajstić information content (AvgIpc) is 2.89. The monoisotopic (exact) mass is 312 g/mol. The van der Waals surface area contributed by atoms with Crippen LogP contribution in [-0.2, 0) is 0 Å². The summed E-state index contributed by atoms with van der Waals surface area (Å²) in [7, 11) is 3.14. The second-order valence-electron chi connectivity index (χ2n) is 4.85. The standard InChI is InChI=1S/C16H16N4O3/c1-10-15(20-8-4-5-12(21)16(20)17-10)19-18-11-6-7-13(22-2)14(9-11)23-3/h4-9,21H,1-3H3. The summed E-state index contributed by atoms with van der Waals surface area (Å²) in [6.45, 7) is 1.81. The fourth-order valence-corrected chi connectivity index (χ4v) is 2.27. The van der Waals surface area contributed by atoms with E-state index in [0.29, 0.717) is 34.3 Å². The number of methoxy groups -OCH3 is 2. The molecule has 23 heavy (non-hydrogen) atoms. The number of rotatable bonds is 4. The number of nitrogens with zero attached hydrogens (tertiary/aromatic N) is 4. The van der Waals surface area contributed by atoms with E-state index in [1.165, 1.54) is 0 Å². The smallest absolute Gasteiger partial charge is 0.182 e. The van der Waals surface area contributed by atoms with E-state index in [-0.39, 0.29) is 5.75 Å². The average molecular weight is 312 g/mol. The number of imidazole rings is 1. The van der Waals surface area contributed by atoms with Gasteiger partial charge >= 0.3 is 0 Å². The Morgan fingerprint density at radius 2 is 1.87 bits per heavy atom. The Bertz CT molecular complexity index is 886. The van der Waals surface area contributed by atoms with Gasteiger partial charge in [0.1, 0.15) is 0 Å². The van der Waals surface area contributed by atoms with Gasteiger partial charge in [-0.05, 0) is 31.2 Å². The molecule has 0 aliphatic rings. The molecule has 0 bridgehead atoms. The quantitative estimate of drug-likeness (QED) is 0.743. The fourth-order valence-electron chi connectivity index (χ4n) is 2.27. The van der Waals surface area contributed by atoms with Crippen LogP contribution in [-0.4, -0.2) is 28.7 Å². The Balaban J connectivity index is 2.00. The zero-order valence-electron chi connectivity index (χ0n) is 13.0. The molecule has 0 saturated carbocycles. The molecule has 0 fully saturated rings. The highest BCUT2D eigenvalue weighted by atomic mass is 16.5. The van der Waals surface area contributed by atoms with Crippen LogP contribution in [0.2, 0.25) is 0 Å². The van der Waals surface area contributed by atoms with Gasteiger partial charge in [-0.1, -0.05) is 0 Å². The number of hydrogen-bond acceptors (Lipinski definition) is 6. The first kappa shape index (κ1) is 14.8. The molecule has 1 aromatic carbocycles. The van der Waals surface area contributed by atoms with E-state index in [4.69, 9.17) is 9.47 Å². The Morgan fingerprint density at radius 3 is 2.61 bits per heavy atom. The summed E-state index contributed by atoms with van der Waals surface area (Å²) in [6, 6.07) is 8.58. The molecule has 0 aliphatic carbocycles. The molecule has 118 valence electrons. The fraction of sp³-hybridized carbons (Fsp3) is 0.188. The summed E-state index contributed by atoms with van der Waals surface area (Å²) in [5.74, 6) is 1.87. The highest BCUT2D eigenvalue weighted by Gasteiger charge is 2.11. The summed E-state index contributed by atoms with van der Waals surface area (Å²) in [4.78, 5) is 4.30. The second-order valence-corrected chi connectivity index (χ2v) is 4.85. The van der Waals surface area contributed by atoms with Crippen LogP contribution in [0.3, 0.4) is 0 Å². The summed E-state index contributed by atoms with van der Waals surface area (Å²) in [6.07, 6.45) is 1.78. The molecule has 7 nitrogen and oxygen atoms in total. The van der Waals surface area contributed by atoms with Gasteiger partial charge in [-0.3, -0.25) is 4.40 Å². The van der Waals surface area contributed by atoms with E-state index in [9.17, 15) is 5.11 Å². The Labute approximate surface area is 132 Å². The van der Waals surface area contributed by atoms with Crippen molar-refractivity contribution in [2.24, 2.45) is 10.2 Å². The molecule has 2 aromatic heterocycles. The number of hydrogen-bond donors (Lipinski definition) is 1. The molecule has 7 heteroatoms. The van der Waals surface area contributed by atoms with E-state index in [2.05, 4.69) is 15.2 Å². The van der Waals surface area contributed by atoms with Gasteiger partial charge < -0.3 is 14.6 Å². The predicted octanol–water partition coefficient (Wildman–Crippen LogP) is 3.78. The van der Waals surface area contributed by atoms with Crippen molar-refractivity contribution >= 4 is 17.2 Å². The molecule has 0 saturated heterocycles. The van der Waals surface area contributed by atoms with Crippen molar-refractivity contribution < 1.29 is 14.6 Å². The number of aryl methyl sites for hydroxylation is 1. The van der Waals surface area contributed by atoms with Crippen molar-refractivity contribution in [1.82, 2.24) is 9.38 Å². The van der Waals surface area contributed by atoms with Crippen molar-refractivity contribution in [2.45, 2.75) is 6.92 Å². The molecule has 0 atom stereocenters. The van der Waals surface area contributed by atoms with Crippen LogP contribution in [0.5, 0.6) is 17.2 Å². The van der Waals surface area contributed by atoms with Gasteiger partial charge in [0.2, 0.25) is 0 Å². The van der Waals surface area contributed by atoms with Gasteiger partial charge in [-0.2, -0.15) is 0 Å². The third kappa shape index (κ3) is 2.68. The predicted molar refractivity (Wildman–Crippen MR) is 85.3 cm³/mol. The normalized spacial score (nSPS) is 11.3. The highest BCUT2D eigenvalue weighted by molar-refractivity contribution is 5.60. The molecule has 0 amide bonds. The van der Waals surface area contributed by atoms with Crippen molar-refractivity contribution in [3.63, 3.8) is 0 Å². The number of fused-ring (bicyclic) bond motifs is 1. The van der Waals surface area contributed by atoms with Gasteiger partial charge in [-0.25, -0.2) is 4.98 Å². The molecular weight excluding hydrogens is 296 g/mol. The van der Waals surface area contributed by atoms with Crippen LogP contribution < -0.4 is 9.47 Å². The second kappa shape index (κ2) is 5.96. The molecule has 1 N–H and O–H groups in total. The maximum Gasteiger partial charge on any atom is 0.182 e. The van der Waals surface area contributed by atoms with Crippen molar-refractivity contribution in [3.05, 3.63) is 42.2 Å². The number of azo groups is 1. The first-order chi connectivity index (χ1) is 11.1. The maximum absolute atomic E-state index is 9.83. The lowest BCUT2D eigenvalue weighted by atomic mass is 10.3. The molecule has 3 aromatic rings. The molecule has 3 rings (SSSR count). The van der Waals surface area contributed by atoms with Crippen LogP contribution in [0.15, 0.2) is 46.8 Å². The summed E-state index contributed by atoms with van der Waals surface area (Å²) >= 11 is 0. The van der Waals surface area contributed by atoms with E-state index < -0.39 is 0 Å². The lowest BCUT2D eigenvalue weighted by Gasteiger charge is -2.06. The van der Waals surface area contributed by atoms with E-state index in [1.807, 2.05) is 6.92 Å². The molecule has 0 unspecified atom stereocenters. The Morgan fingerprint density at radius 1 is 1.09 bits per heavy atom. The van der Waals surface area contributed by atoms with Crippen LogP contribution in [0.4, 0.5) is 11.5 Å². The third-order valence-electron chi connectivity index (χ3n) is 3.40. The van der Waals surface area contributed by atoms with E-state index >= 15 is 0 Å². The number of pyridine rings is 1. The van der Waals surface area contributed by atoms with Crippen LogP contribution in [0.1, 0.15) is 5.69 Å². The van der Waals surface area contributed by atoms with Crippen LogP contribution in [0.25, 0.3) is 5.65 Å². The Kier molecular flexibility index (Phi) is 3.84. The first-order valence-electron chi connectivity index (χ1n) is 6.94. The minimum Gasteiger partial charge on any atom is -0.504 e. The SMILES string of the molecule is COc1ccc(N=Nc2c(C)nc3c(O)cccn23)cc1OC. The minimum absolute atomic E-state index is 0.100. The first-order valence-corrected chi connectivity index (χ1v) is 6.94. The highest BCUT2D eigenvalue weighted by Crippen LogP contribution is 2.32. The molecule has 0 spiro atoms. The summed E-state index contributed by atoms with van der Waals surface area (Å²) < 4.78 is 12.1. The van der Waals surface area contributed by atoms with Gasteiger partial charge in [0.25, 0.3) is 0 Å².